The fourth-order valence-corrected chi connectivity index (χ4v) is 4.02. The Labute approximate surface area is 145 Å². The number of sulfonamides is 1. The lowest BCUT2D eigenvalue weighted by Gasteiger charge is -2.21. The maximum absolute atomic E-state index is 12.9. The predicted molar refractivity (Wildman–Crippen MR) is 100.0 cm³/mol. The van der Waals surface area contributed by atoms with Gasteiger partial charge in [-0.25, -0.2) is 8.42 Å². The van der Waals surface area contributed by atoms with Gasteiger partial charge in [0.15, 0.2) is 0 Å². The highest BCUT2D eigenvalue weighted by Crippen LogP contribution is 2.21. The molecule has 24 heavy (non-hydrogen) atoms. The SMILES string of the molecule is CCN(Cc1ccc(N(C)C)cc1)S(=O)(=O)c1ccc(C)c(C)c1. The highest BCUT2D eigenvalue weighted by Gasteiger charge is 2.23. The third-order valence-corrected chi connectivity index (χ3v) is 6.20. The molecule has 5 heteroatoms. The summed E-state index contributed by atoms with van der Waals surface area (Å²) in [7, 11) is 0.475. The molecule has 0 fully saturated rings. The van der Waals surface area contributed by atoms with Gasteiger partial charge in [0.1, 0.15) is 0 Å². The van der Waals surface area contributed by atoms with Gasteiger partial charge in [-0.15, -0.1) is 0 Å². The summed E-state index contributed by atoms with van der Waals surface area (Å²) >= 11 is 0. The minimum atomic E-state index is -3.49. The molecule has 0 aliphatic carbocycles. The van der Waals surface area contributed by atoms with Crippen LogP contribution in [-0.4, -0.2) is 33.4 Å². The largest absolute Gasteiger partial charge is 0.378 e. The number of benzene rings is 2. The van der Waals surface area contributed by atoms with Gasteiger partial charge in [-0.05, 0) is 54.8 Å². The third kappa shape index (κ3) is 3.97. The lowest BCUT2D eigenvalue weighted by atomic mass is 10.1. The Morgan fingerprint density at radius 3 is 2.04 bits per heavy atom. The van der Waals surface area contributed by atoms with E-state index in [1.165, 1.54) is 4.31 Å². The van der Waals surface area contributed by atoms with Gasteiger partial charge in [-0.3, -0.25) is 0 Å². The Morgan fingerprint density at radius 1 is 0.917 bits per heavy atom. The quantitative estimate of drug-likeness (QED) is 0.803. The molecule has 0 unspecified atom stereocenters. The van der Waals surface area contributed by atoms with Crippen LogP contribution in [0.2, 0.25) is 0 Å². The van der Waals surface area contributed by atoms with E-state index in [1.54, 1.807) is 12.1 Å². The van der Waals surface area contributed by atoms with E-state index >= 15 is 0 Å². The molecule has 2 aromatic carbocycles. The lowest BCUT2D eigenvalue weighted by molar-refractivity contribution is 0.423. The average Bonchev–Trinajstić information content (AvgIpc) is 2.55. The van der Waals surface area contributed by atoms with Crippen LogP contribution in [0.15, 0.2) is 47.4 Å². The van der Waals surface area contributed by atoms with Crippen molar-refractivity contribution in [2.75, 3.05) is 25.5 Å². The highest BCUT2D eigenvalue weighted by atomic mass is 32.2. The van der Waals surface area contributed by atoms with Crippen molar-refractivity contribution in [1.29, 1.82) is 0 Å². The summed E-state index contributed by atoms with van der Waals surface area (Å²) in [6.45, 7) is 6.59. The Balaban J connectivity index is 2.27. The van der Waals surface area contributed by atoms with Crippen molar-refractivity contribution in [3.63, 3.8) is 0 Å². The van der Waals surface area contributed by atoms with E-state index in [1.807, 2.05) is 70.1 Å². The predicted octanol–water partition coefficient (Wildman–Crippen LogP) is 3.58. The Bertz CT molecular complexity index is 797. The molecule has 0 saturated heterocycles. The first-order valence-corrected chi connectivity index (χ1v) is 9.53. The van der Waals surface area contributed by atoms with Crippen LogP contribution in [0.4, 0.5) is 5.69 Å². The highest BCUT2D eigenvalue weighted by molar-refractivity contribution is 7.89. The zero-order valence-corrected chi connectivity index (χ0v) is 15.9. The van der Waals surface area contributed by atoms with Gasteiger partial charge in [0.2, 0.25) is 10.0 Å². The Hall–Kier alpha value is -1.85. The van der Waals surface area contributed by atoms with Gasteiger partial charge in [0.25, 0.3) is 0 Å². The zero-order chi connectivity index (χ0) is 17.9. The van der Waals surface area contributed by atoms with Crippen LogP contribution in [0.25, 0.3) is 0 Å². The second kappa shape index (κ2) is 7.36. The molecule has 0 N–H and O–H groups in total. The van der Waals surface area contributed by atoms with Gasteiger partial charge < -0.3 is 4.90 Å². The second-order valence-corrected chi connectivity index (χ2v) is 8.18. The van der Waals surface area contributed by atoms with Crippen LogP contribution < -0.4 is 4.90 Å². The molecule has 0 spiro atoms. The number of nitrogens with zero attached hydrogens (tertiary/aromatic N) is 2. The molecule has 0 aliphatic heterocycles. The number of anilines is 1. The van der Waals surface area contributed by atoms with Crippen LogP contribution in [0, 0.1) is 13.8 Å². The molecule has 2 aromatic rings. The normalized spacial score (nSPS) is 11.8. The van der Waals surface area contributed by atoms with Gasteiger partial charge in [0.05, 0.1) is 4.90 Å². The van der Waals surface area contributed by atoms with Crippen molar-refractivity contribution in [3.8, 4) is 0 Å². The minimum Gasteiger partial charge on any atom is -0.378 e. The summed E-state index contributed by atoms with van der Waals surface area (Å²) in [6, 6.07) is 13.3. The van der Waals surface area contributed by atoms with Crippen molar-refractivity contribution in [2.45, 2.75) is 32.2 Å². The number of hydrogen-bond acceptors (Lipinski definition) is 3. The fraction of sp³-hybridized carbons (Fsp3) is 0.368. The number of aryl methyl sites for hydroxylation is 2. The van der Waals surface area contributed by atoms with Crippen LogP contribution in [0.5, 0.6) is 0 Å². The van der Waals surface area contributed by atoms with Gasteiger partial charge >= 0.3 is 0 Å². The average molecular weight is 346 g/mol. The van der Waals surface area contributed by atoms with Gasteiger partial charge in [0, 0.05) is 32.9 Å². The topological polar surface area (TPSA) is 40.6 Å². The third-order valence-electron chi connectivity index (χ3n) is 4.28. The molecule has 0 saturated carbocycles. The van der Waals surface area contributed by atoms with Crippen LogP contribution in [0.3, 0.4) is 0 Å². The first-order chi connectivity index (χ1) is 11.3. The number of hydrogen-bond donors (Lipinski definition) is 0. The van der Waals surface area contributed by atoms with Crippen molar-refractivity contribution in [3.05, 3.63) is 59.2 Å². The van der Waals surface area contributed by atoms with Crippen LogP contribution >= 0.6 is 0 Å². The molecule has 0 heterocycles. The van der Waals surface area contributed by atoms with E-state index in [4.69, 9.17) is 0 Å². The van der Waals surface area contributed by atoms with Crippen molar-refractivity contribution < 1.29 is 8.42 Å². The molecule has 0 radical (unpaired) electrons. The van der Waals surface area contributed by atoms with E-state index in [0.717, 1.165) is 22.4 Å². The van der Waals surface area contributed by atoms with E-state index in [2.05, 4.69) is 0 Å². The summed E-state index contributed by atoms with van der Waals surface area (Å²) < 4.78 is 27.4. The van der Waals surface area contributed by atoms with E-state index in [0.29, 0.717) is 18.0 Å². The molecule has 2 rings (SSSR count). The molecular weight excluding hydrogens is 320 g/mol. The monoisotopic (exact) mass is 346 g/mol. The molecule has 4 nitrogen and oxygen atoms in total. The minimum absolute atomic E-state index is 0.359. The summed E-state index contributed by atoms with van der Waals surface area (Å²) in [5.41, 5.74) is 4.16. The van der Waals surface area contributed by atoms with Crippen molar-refractivity contribution in [2.24, 2.45) is 0 Å². The first kappa shape index (κ1) is 18.5. The maximum Gasteiger partial charge on any atom is 0.243 e. The van der Waals surface area contributed by atoms with Crippen molar-refractivity contribution in [1.82, 2.24) is 4.31 Å². The van der Waals surface area contributed by atoms with Crippen LogP contribution in [-0.2, 0) is 16.6 Å². The standard InChI is InChI=1S/C19H26N2O2S/c1-6-21(14-17-8-10-18(11-9-17)20(4)5)24(22,23)19-12-7-15(2)16(3)13-19/h7-13H,6,14H2,1-5H3. The summed E-state index contributed by atoms with van der Waals surface area (Å²) in [5, 5.41) is 0. The Kier molecular flexibility index (Phi) is 5.67. The van der Waals surface area contributed by atoms with Crippen molar-refractivity contribution >= 4 is 15.7 Å². The molecule has 0 bridgehead atoms. The first-order valence-electron chi connectivity index (χ1n) is 8.09. The summed E-state index contributed by atoms with van der Waals surface area (Å²) in [4.78, 5) is 2.38. The van der Waals surface area contributed by atoms with E-state index < -0.39 is 10.0 Å². The fourth-order valence-electron chi connectivity index (χ4n) is 2.49. The Morgan fingerprint density at radius 2 is 1.54 bits per heavy atom. The molecule has 0 aromatic heterocycles. The lowest BCUT2D eigenvalue weighted by Crippen LogP contribution is -2.30. The molecular formula is C19H26N2O2S. The second-order valence-electron chi connectivity index (χ2n) is 6.24. The van der Waals surface area contributed by atoms with E-state index in [9.17, 15) is 8.42 Å². The summed E-state index contributed by atoms with van der Waals surface area (Å²) in [6.07, 6.45) is 0. The zero-order valence-electron chi connectivity index (χ0n) is 15.1. The molecule has 0 amide bonds. The smallest absolute Gasteiger partial charge is 0.243 e. The summed E-state index contributed by atoms with van der Waals surface area (Å²) in [5.74, 6) is 0. The van der Waals surface area contributed by atoms with Crippen LogP contribution in [0.1, 0.15) is 23.6 Å². The molecule has 0 atom stereocenters. The van der Waals surface area contributed by atoms with E-state index in [-0.39, 0.29) is 0 Å². The molecule has 0 aliphatic rings. The molecule has 130 valence electrons. The maximum atomic E-state index is 12.9. The van der Waals surface area contributed by atoms with Gasteiger partial charge in [-0.1, -0.05) is 25.1 Å². The number of rotatable bonds is 6. The van der Waals surface area contributed by atoms with Gasteiger partial charge in [-0.2, -0.15) is 4.31 Å².